The lowest BCUT2D eigenvalue weighted by Crippen LogP contribution is -2.11. The molecule has 0 fully saturated rings. The highest BCUT2D eigenvalue weighted by molar-refractivity contribution is 6.33. The van der Waals surface area contributed by atoms with Gasteiger partial charge in [0.1, 0.15) is 5.75 Å². The molecule has 0 atom stereocenters. The van der Waals surface area contributed by atoms with Crippen molar-refractivity contribution in [3.05, 3.63) is 46.4 Å². The summed E-state index contributed by atoms with van der Waals surface area (Å²) in [7, 11) is 0. The molecule has 0 aliphatic carbocycles. The highest BCUT2D eigenvalue weighted by Crippen LogP contribution is 2.43. The van der Waals surface area contributed by atoms with E-state index in [1.165, 1.54) is 12.1 Å². The summed E-state index contributed by atoms with van der Waals surface area (Å²) in [5, 5.41) is 11.0. The van der Waals surface area contributed by atoms with Crippen LogP contribution in [-0.2, 0) is 4.79 Å². The number of esters is 1. The molecule has 3 nitrogen and oxygen atoms in total. The largest absolute Gasteiger partial charge is 0.507 e. The van der Waals surface area contributed by atoms with E-state index in [-0.39, 0.29) is 28.9 Å². The molecule has 0 saturated carbocycles. The Morgan fingerprint density at radius 2 is 1.77 bits per heavy atom. The van der Waals surface area contributed by atoms with Gasteiger partial charge in [0, 0.05) is 11.4 Å². The maximum Gasteiger partial charge on any atom is 0.311 e. The molecule has 116 valence electrons. The third-order valence-electron chi connectivity index (χ3n) is 3.01. The number of carbonyl (C=O) groups excluding carboxylic acids is 1. The van der Waals surface area contributed by atoms with Crippen molar-refractivity contribution in [1.29, 1.82) is 0 Å². The van der Waals surface area contributed by atoms with Crippen molar-refractivity contribution in [3.63, 3.8) is 0 Å². The Morgan fingerprint density at radius 1 is 1.14 bits per heavy atom. The summed E-state index contributed by atoms with van der Waals surface area (Å²) in [5.74, 6) is -0.0750. The van der Waals surface area contributed by atoms with E-state index >= 15 is 0 Å². The van der Waals surface area contributed by atoms with E-state index in [0.29, 0.717) is 16.1 Å². The van der Waals surface area contributed by atoms with Crippen LogP contribution < -0.4 is 4.74 Å². The van der Waals surface area contributed by atoms with Gasteiger partial charge in [-0.2, -0.15) is 0 Å². The molecule has 22 heavy (non-hydrogen) atoms. The van der Waals surface area contributed by atoms with Gasteiger partial charge in [-0.25, -0.2) is 0 Å². The second-order valence-corrected chi connectivity index (χ2v) is 6.19. The molecule has 2 aromatic carbocycles. The minimum atomic E-state index is -0.391. The molecule has 5 heteroatoms. The lowest BCUT2D eigenvalue weighted by molar-refractivity contribution is -0.135. The number of hydrogen-bond acceptors (Lipinski definition) is 3. The molecule has 0 spiro atoms. The molecule has 0 aliphatic rings. The topological polar surface area (TPSA) is 46.5 Å². The fraction of sp³-hybridized carbons (Fsp3) is 0.235. The van der Waals surface area contributed by atoms with Gasteiger partial charge in [-0.05, 0) is 35.7 Å². The molecule has 0 amide bonds. The number of benzene rings is 2. The van der Waals surface area contributed by atoms with Gasteiger partial charge in [0.25, 0.3) is 0 Å². The number of ether oxygens (including phenoxy) is 1. The Labute approximate surface area is 139 Å². The Hall–Kier alpha value is -1.71. The van der Waals surface area contributed by atoms with Gasteiger partial charge in [0.05, 0.1) is 10.6 Å². The predicted octanol–water partition coefficient (Wildman–Crippen LogP) is 5.32. The van der Waals surface area contributed by atoms with Gasteiger partial charge >= 0.3 is 5.97 Å². The van der Waals surface area contributed by atoms with Crippen LogP contribution in [0.1, 0.15) is 20.3 Å². The zero-order chi connectivity index (χ0) is 16.3. The van der Waals surface area contributed by atoms with Gasteiger partial charge < -0.3 is 9.84 Å². The van der Waals surface area contributed by atoms with Crippen molar-refractivity contribution in [3.8, 4) is 22.6 Å². The fourth-order valence-corrected chi connectivity index (χ4v) is 2.35. The molecule has 2 aromatic rings. The quantitative estimate of drug-likeness (QED) is 0.606. The highest BCUT2D eigenvalue weighted by atomic mass is 35.5. The number of phenols is 1. The van der Waals surface area contributed by atoms with Crippen LogP contribution in [0, 0.1) is 5.92 Å². The van der Waals surface area contributed by atoms with E-state index in [0.717, 1.165) is 0 Å². The summed E-state index contributed by atoms with van der Waals surface area (Å²) in [6.45, 7) is 3.84. The zero-order valence-corrected chi connectivity index (χ0v) is 13.8. The summed E-state index contributed by atoms with van der Waals surface area (Å²) >= 11 is 12.0. The second kappa shape index (κ2) is 7.03. The van der Waals surface area contributed by atoms with Crippen molar-refractivity contribution in [2.75, 3.05) is 0 Å². The number of hydrogen-bond donors (Lipinski definition) is 1. The fourth-order valence-electron chi connectivity index (χ4n) is 2.03. The highest BCUT2D eigenvalue weighted by Gasteiger charge is 2.19. The molecule has 0 aromatic heterocycles. The van der Waals surface area contributed by atoms with Gasteiger partial charge in [-0.1, -0.05) is 49.2 Å². The molecule has 0 unspecified atom stereocenters. The van der Waals surface area contributed by atoms with Crippen molar-refractivity contribution >= 4 is 29.2 Å². The first kappa shape index (κ1) is 16.7. The first-order chi connectivity index (χ1) is 10.4. The van der Waals surface area contributed by atoms with Crippen molar-refractivity contribution < 1.29 is 14.6 Å². The smallest absolute Gasteiger partial charge is 0.311 e. The normalized spacial score (nSPS) is 10.8. The van der Waals surface area contributed by atoms with E-state index in [9.17, 15) is 9.90 Å². The summed E-state index contributed by atoms with van der Waals surface area (Å²) < 4.78 is 5.39. The van der Waals surface area contributed by atoms with Gasteiger partial charge in [-0.3, -0.25) is 4.79 Å². The monoisotopic (exact) mass is 338 g/mol. The molecule has 1 N–H and O–H groups in total. The Morgan fingerprint density at radius 3 is 2.36 bits per heavy atom. The van der Waals surface area contributed by atoms with E-state index in [1.54, 1.807) is 24.3 Å². The van der Waals surface area contributed by atoms with Crippen LogP contribution in [0.3, 0.4) is 0 Å². The van der Waals surface area contributed by atoms with Gasteiger partial charge in [0.2, 0.25) is 0 Å². The summed E-state index contributed by atoms with van der Waals surface area (Å²) in [6.07, 6.45) is 0.270. The number of carbonyl (C=O) groups is 1. The first-order valence-electron chi connectivity index (χ1n) is 6.86. The number of phenolic OH excluding ortho intramolecular Hbond substituents is 1. The Balaban J connectivity index is 2.46. The Bertz CT molecular complexity index is 679. The molecule has 0 bridgehead atoms. The van der Waals surface area contributed by atoms with Crippen LogP contribution in [0.2, 0.25) is 10.0 Å². The molecular weight excluding hydrogens is 323 g/mol. The van der Waals surface area contributed by atoms with E-state index in [1.807, 2.05) is 13.8 Å². The van der Waals surface area contributed by atoms with Crippen LogP contribution in [0.25, 0.3) is 11.1 Å². The number of rotatable bonds is 4. The SMILES string of the molecule is CC(C)CC(=O)Oc1c(Cl)ccc(O)c1-c1ccc(Cl)cc1. The molecule has 0 radical (unpaired) electrons. The molecule has 0 heterocycles. The minimum Gasteiger partial charge on any atom is -0.507 e. The maximum atomic E-state index is 11.9. The van der Waals surface area contributed by atoms with Crippen molar-refractivity contribution in [1.82, 2.24) is 0 Å². The average Bonchev–Trinajstić information content (AvgIpc) is 2.44. The third kappa shape index (κ3) is 3.93. The van der Waals surface area contributed by atoms with Crippen LogP contribution >= 0.6 is 23.2 Å². The van der Waals surface area contributed by atoms with Crippen LogP contribution in [0.15, 0.2) is 36.4 Å². The van der Waals surface area contributed by atoms with Crippen molar-refractivity contribution in [2.45, 2.75) is 20.3 Å². The molecule has 0 saturated heterocycles. The standard InChI is InChI=1S/C17H16Cl2O3/c1-10(2)9-15(21)22-17-13(19)7-8-14(20)16(17)11-3-5-12(18)6-4-11/h3-8,10,20H,9H2,1-2H3. The lowest BCUT2D eigenvalue weighted by atomic mass is 10.0. The molecule has 0 aliphatic heterocycles. The van der Waals surface area contributed by atoms with Crippen LogP contribution in [0.4, 0.5) is 0 Å². The van der Waals surface area contributed by atoms with E-state index in [2.05, 4.69) is 0 Å². The first-order valence-corrected chi connectivity index (χ1v) is 7.62. The minimum absolute atomic E-state index is 0.0148. The molecular formula is C17H16Cl2O3. The summed E-state index contributed by atoms with van der Waals surface area (Å²) in [6, 6.07) is 9.80. The Kier molecular flexibility index (Phi) is 5.33. The number of halogens is 2. The molecule has 2 rings (SSSR count). The second-order valence-electron chi connectivity index (χ2n) is 5.35. The summed E-state index contributed by atoms with van der Waals surface area (Å²) in [5.41, 5.74) is 1.04. The third-order valence-corrected chi connectivity index (χ3v) is 3.56. The summed E-state index contributed by atoms with van der Waals surface area (Å²) in [4.78, 5) is 11.9. The van der Waals surface area contributed by atoms with E-state index < -0.39 is 5.97 Å². The van der Waals surface area contributed by atoms with Gasteiger partial charge in [0.15, 0.2) is 5.75 Å². The number of aromatic hydroxyl groups is 1. The lowest BCUT2D eigenvalue weighted by Gasteiger charge is -2.14. The maximum absolute atomic E-state index is 11.9. The predicted molar refractivity (Wildman–Crippen MR) is 88.7 cm³/mol. The van der Waals surface area contributed by atoms with Crippen LogP contribution in [0.5, 0.6) is 11.5 Å². The average molecular weight is 339 g/mol. The van der Waals surface area contributed by atoms with E-state index in [4.69, 9.17) is 27.9 Å². The van der Waals surface area contributed by atoms with Crippen LogP contribution in [-0.4, -0.2) is 11.1 Å². The van der Waals surface area contributed by atoms with Gasteiger partial charge in [-0.15, -0.1) is 0 Å². The zero-order valence-electron chi connectivity index (χ0n) is 12.3. The van der Waals surface area contributed by atoms with Crippen molar-refractivity contribution in [2.24, 2.45) is 5.92 Å².